The molecule has 2 amide bonds. The molecular formula is C28H27Cl2N3O6. The van der Waals surface area contributed by atoms with Crippen molar-refractivity contribution in [3.8, 4) is 11.5 Å². The topological polar surface area (TPSA) is 126 Å². The summed E-state index contributed by atoms with van der Waals surface area (Å²) in [6.45, 7) is 3.67. The molecule has 0 bridgehead atoms. The molecule has 0 radical (unpaired) electrons. The molecule has 0 aliphatic heterocycles. The molecule has 3 rings (SSSR count). The maximum atomic E-state index is 12.8. The Balaban J connectivity index is 1.67. The van der Waals surface area contributed by atoms with Crippen LogP contribution in [0.1, 0.15) is 45.7 Å². The lowest BCUT2D eigenvalue weighted by Crippen LogP contribution is -2.48. The van der Waals surface area contributed by atoms with Gasteiger partial charge in [-0.05, 0) is 59.5 Å². The highest BCUT2D eigenvalue weighted by Gasteiger charge is 2.24. The summed E-state index contributed by atoms with van der Waals surface area (Å²) in [6.07, 6.45) is 1.38. The second kappa shape index (κ2) is 13.6. The Hall–Kier alpha value is -4.08. The van der Waals surface area contributed by atoms with E-state index in [1.807, 2.05) is 0 Å². The Kier molecular flexibility index (Phi) is 10.3. The van der Waals surface area contributed by atoms with Crippen molar-refractivity contribution >= 4 is 47.2 Å². The highest BCUT2D eigenvalue weighted by Crippen LogP contribution is 2.36. The number of ether oxygens (including phenoxy) is 2. The third kappa shape index (κ3) is 8.20. The average molecular weight is 572 g/mol. The van der Waals surface area contributed by atoms with Gasteiger partial charge in [0.2, 0.25) is 0 Å². The summed E-state index contributed by atoms with van der Waals surface area (Å²) >= 11 is 12.4. The Bertz CT molecular complexity index is 1390. The Morgan fingerprint density at radius 1 is 1.03 bits per heavy atom. The van der Waals surface area contributed by atoms with E-state index < -0.39 is 23.8 Å². The number of nitrogens with zero attached hydrogens (tertiary/aromatic N) is 1. The Morgan fingerprint density at radius 3 is 2.41 bits per heavy atom. The number of hydrazone groups is 1. The van der Waals surface area contributed by atoms with Crippen LogP contribution in [0.15, 0.2) is 65.8 Å². The van der Waals surface area contributed by atoms with Crippen LogP contribution in [-0.2, 0) is 11.4 Å². The van der Waals surface area contributed by atoms with Crippen molar-refractivity contribution in [1.29, 1.82) is 0 Å². The summed E-state index contributed by atoms with van der Waals surface area (Å²) in [5.74, 6) is -1.60. The van der Waals surface area contributed by atoms with Gasteiger partial charge in [-0.25, -0.2) is 10.2 Å². The van der Waals surface area contributed by atoms with Gasteiger partial charge in [0, 0.05) is 10.6 Å². The van der Waals surface area contributed by atoms with Crippen molar-refractivity contribution in [1.82, 2.24) is 10.7 Å². The van der Waals surface area contributed by atoms with Gasteiger partial charge in [-0.2, -0.15) is 5.10 Å². The highest BCUT2D eigenvalue weighted by atomic mass is 35.5. The summed E-state index contributed by atoms with van der Waals surface area (Å²) < 4.78 is 11.2. The third-order valence-electron chi connectivity index (χ3n) is 5.52. The fraction of sp³-hybridized carbons (Fsp3) is 0.214. The summed E-state index contributed by atoms with van der Waals surface area (Å²) in [7, 11) is 1.45. The molecule has 0 saturated carbocycles. The maximum Gasteiger partial charge on any atom is 0.335 e. The number of hydrogen-bond acceptors (Lipinski definition) is 6. The van der Waals surface area contributed by atoms with Crippen LogP contribution in [0.5, 0.6) is 11.5 Å². The minimum atomic E-state index is -1.04. The molecule has 11 heteroatoms. The molecule has 0 fully saturated rings. The van der Waals surface area contributed by atoms with Crippen LogP contribution in [0.2, 0.25) is 10.0 Å². The van der Waals surface area contributed by atoms with Crippen molar-refractivity contribution in [2.45, 2.75) is 26.5 Å². The summed E-state index contributed by atoms with van der Waals surface area (Å²) in [4.78, 5) is 36.5. The lowest BCUT2D eigenvalue weighted by atomic mass is 10.0. The van der Waals surface area contributed by atoms with Crippen molar-refractivity contribution in [2.75, 3.05) is 7.11 Å². The first kappa shape index (κ1) is 29.5. The second-order valence-corrected chi connectivity index (χ2v) is 9.61. The predicted octanol–water partition coefficient (Wildman–Crippen LogP) is 5.18. The van der Waals surface area contributed by atoms with Gasteiger partial charge in [0.25, 0.3) is 11.8 Å². The molecule has 0 heterocycles. The monoisotopic (exact) mass is 571 g/mol. The number of benzene rings is 3. The molecule has 39 heavy (non-hydrogen) atoms. The van der Waals surface area contributed by atoms with Crippen LogP contribution in [0.3, 0.4) is 0 Å². The van der Waals surface area contributed by atoms with Gasteiger partial charge in [-0.3, -0.25) is 9.59 Å². The van der Waals surface area contributed by atoms with Crippen molar-refractivity contribution in [3.63, 3.8) is 0 Å². The number of methoxy groups -OCH3 is 1. The zero-order valence-electron chi connectivity index (χ0n) is 21.4. The number of aromatic carboxylic acids is 1. The second-order valence-electron chi connectivity index (χ2n) is 8.77. The largest absolute Gasteiger partial charge is 0.493 e. The van der Waals surface area contributed by atoms with E-state index in [4.69, 9.17) is 37.8 Å². The molecule has 0 spiro atoms. The van der Waals surface area contributed by atoms with Gasteiger partial charge >= 0.3 is 5.97 Å². The summed E-state index contributed by atoms with van der Waals surface area (Å²) in [5.41, 5.74) is 4.08. The minimum Gasteiger partial charge on any atom is -0.493 e. The van der Waals surface area contributed by atoms with Crippen LogP contribution in [0, 0.1) is 5.92 Å². The number of rotatable bonds is 11. The number of amides is 2. The van der Waals surface area contributed by atoms with Gasteiger partial charge in [0.1, 0.15) is 12.6 Å². The molecule has 3 aromatic carbocycles. The fourth-order valence-electron chi connectivity index (χ4n) is 3.53. The van der Waals surface area contributed by atoms with E-state index in [0.717, 1.165) is 0 Å². The maximum absolute atomic E-state index is 12.8. The SMILES string of the molecule is COc1cc(C=NNC(=O)C(NC(=O)c2cccc(Cl)c2)C(C)C)cc(Cl)c1OCc1cccc(C(=O)O)c1. The number of carbonyl (C=O) groups excluding carboxylic acids is 2. The Labute approximate surface area is 235 Å². The minimum absolute atomic E-state index is 0.0676. The van der Waals surface area contributed by atoms with E-state index in [0.29, 0.717) is 27.5 Å². The van der Waals surface area contributed by atoms with E-state index in [9.17, 15) is 14.4 Å². The number of halogens is 2. The smallest absolute Gasteiger partial charge is 0.335 e. The van der Waals surface area contributed by atoms with E-state index in [1.165, 1.54) is 31.5 Å². The molecule has 0 aromatic heterocycles. The number of carbonyl (C=O) groups is 3. The van der Waals surface area contributed by atoms with E-state index >= 15 is 0 Å². The molecule has 0 saturated heterocycles. The van der Waals surface area contributed by atoms with Gasteiger partial charge < -0.3 is 19.9 Å². The van der Waals surface area contributed by atoms with Crippen LogP contribution in [0.4, 0.5) is 0 Å². The van der Waals surface area contributed by atoms with Crippen molar-refractivity contribution in [3.05, 3.63) is 93.0 Å². The highest BCUT2D eigenvalue weighted by molar-refractivity contribution is 6.32. The normalized spacial score (nSPS) is 11.7. The molecular weight excluding hydrogens is 545 g/mol. The summed E-state index contributed by atoms with van der Waals surface area (Å²) in [5, 5.41) is 16.5. The number of hydrogen-bond donors (Lipinski definition) is 3. The summed E-state index contributed by atoms with van der Waals surface area (Å²) in [6, 6.07) is 15.1. The van der Waals surface area contributed by atoms with Crippen LogP contribution < -0.4 is 20.2 Å². The van der Waals surface area contributed by atoms with Crippen molar-refractivity contribution in [2.24, 2.45) is 11.0 Å². The number of carboxylic acids is 1. The molecule has 3 N–H and O–H groups in total. The lowest BCUT2D eigenvalue weighted by Gasteiger charge is -2.20. The molecule has 1 unspecified atom stereocenters. The van der Waals surface area contributed by atoms with Gasteiger partial charge in [-0.1, -0.05) is 55.2 Å². The molecule has 3 aromatic rings. The van der Waals surface area contributed by atoms with E-state index in [1.54, 1.807) is 56.3 Å². The lowest BCUT2D eigenvalue weighted by molar-refractivity contribution is -0.123. The predicted molar refractivity (Wildman–Crippen MR) is 149 cm³/mol. The zero-order valence-corrected chi connectivity index (χ0v) is 22.9. The fourth-order valence-corrected chi connectivity index (χ4v) is 4.00. The van der Waals surface area contributed by atoms with Crippen LogP contribution in [-0.4, -0.2) is 42.3 Å². The van der Waals surface area contributed by atoms with E-state index in [2.05, 4.69) is 15.8 Å². The van der Waals surface area contributed by atoms with Crippen LogP contribution >= 0.6 is 23.2 Å². The van der Waals surface area contributed by atoms with Gasteiger partial charge in [0.05, 0.1) is 23.9 Å². The molecule has 9 nitrogen and oxygen atoms in total. The molecule has 204 valence electrons. The molecule has 1 atom stereocenters. The third-order valence-corrected chi connectivity index (χ3v) is 6.04. The molecule has 0 aliphatic carbocycles. The zero-order chi connectivity index (χ0) is 28.5. The first-order chi connectivity index (χ1) is 18.6. The van der Waals surface area contributed by atoms with Crippen molar-refractivity contribution < 1.29 is 29.0 Å². The van der Waals surface area contributed by atoms with Gasteiger partial charge in [-0.15, -0.1) is 0 Å². The van der Waals surface area contributed by atoms with Gasteiger partial charge in [0.15, 0.2) is 11.5 Å². The average Bonchev–Trinajstić information content (AvgIpc) is 2.90. The standard InChI is InChI=1S/C28H27Cl2N3O6/c1-16(2)24(32-26(34)19-7-5-9-21(29)13-19)27(35)33-31-14-18-11-22(30)25(23(12-18)38-3)39-15-17-6-4-8-20(10-17)28(36)37/h4-14,16,24H,15H2,1-3H3,(H,32,34)(H,33,35)(H,36,37). The first-order valence-electron chi connectivity index (χ1n) is 11.8. The number of carboxylic acid groups (broad SMARTS) is 1. The first-order valence-corrected chi connectivity index (χ1v) is 12.6. The Morgan fingerprint density at radius 2 is 1.74 bits per heavy atom. The van der Waals surface area contributed by atoms with Crippen LogP contribution in [0.25, 0.3) is 0 Å². The number of nitrogens with one attached hydrogen (secondary N) is 2. The quantitative estimate of drug-likeness (QED) is 0.215. The van der Waals surface area contributed by atoms with E-state index in [-0.39, 0.29) is 28.9 Å². The molecule has 0 aliphatic rings.